The van der Waals surface area contributed by atoms with E-state index >= 15 is 0 Å². The van der Waals surface area contributed by atoms with E-state index in [9.17, 15) is 5.11 Å². The van der Waals surface area contributed by atoms with Gasteiger partial charge in [-0.3, -0.25) is 0 Å². The van der Waals surface area contributed by atoms with Crippen molar-refractivity contribution in [2.24, 2.45) is 5.41 Å². The molecule has 1 aromatic heterocycles. The third-order valence-electron chi connectivity index (χ3n) is 5.03. The first-order valence-electron chi connectivity index (χ1n) is 7.56. The van der Waals surface area contributed by atoms with Crippen LogP contribution >= 0.6 is 11.3 Å². The Kier molecular flexibility index (Phi) is 3.56. The van der Waals surface area contributed by atoms with E-state index < -0.39 is 0 Å². The van der Waals surface area contributed by atoms with Crippen molar-refractivity contribution >= 4 is 16.5 Å². The number of aliphatic hydroxyl groups is 1. The van der Waals surface area contributed by atoms with Crippen LogP contribution in [0.25, 0.3) is 0 Å². The second kappa shape index (κ2) is 5.06. The van der Waals surface area contributed by atoms with Crippen LogP contribution in [0.3, 0.4) is 0 Å². The molecule has 3 nitrogen and oxygen atoms in total. The summed E-state index contributed by atoms with van der Waals surface area (Å²) in [5, 5.41) is 10.6. The quantitative estimate of drug-likeness (QED) is 0.896. The molecule has 0 unspecified atom stereocenters. The van der Waals surface area contributed by atoms with Gasteiger partial charge < -0.3 is 10.0 Å². The van der Waals surface area contributed by atoms with E-state index in [0.29, 0.717) is 11.3 Å². The number of nitrogens with zero attached hydrogens (tertiary/aromatic N) is 2. The number of anilines is 1. The molecule has 1 aliphatic carbocycles. The second-order valence-corrected chi connectivity index (χ2v) is 7.18. The number of aliphatic hydroxyl groups excluding tert-OH is 1. The zero-order valence-electron chi connectivity index (χ0n) is 12.0. The van der Waals surface area contributed by atoms with Crippen LogP contribution in [0.1, 0.15) is 62.4 Å². The van der Waals surface area contributed by atoms with Crippen molar-refractivity contribution in [3.05, 3.63) is 10.6 Å². The van der Waals surface area contributed by atoms with Crippen LogP contribution in [0.15, 0.2) is 0 Å². The summed E-state index contributed by atoms with van der Waals surface area (Å²) in [6.45, 7) is 7.05. The first kappa shape index (κ1) is 13.4. The minimum Gasteiger partial charge on any atom is -0.391 e. The molecule has 2 heterocycles. The van der Waals surface area contributed by atoms with Crippen LogP contribution in [-0.4, -0.2) is 23.2 Å². The van der Waals surface area contributed by atoms with E-state index in [0.717, 1.165) is 23.1 Å². The average Bonchev–Trinajstić information content (AvgIpc) is 3.06. The lowest BCUT2D eigenvalue weighted by molar-refractivity contribution is 0.284. The van der Waals surface area contributed by atoms with Gasteiger partial charge in [0.25, 0.3) is 0 Å². The minimum absolute atomic E-state index is 0.157. The molecule has 2 fully saturated rings. The van der Waals surface area contributed by atoms with Crippen LogP contribution in [0, 0.1) is 5.41 Å². The van der Waals surface area contributed by atoms with Gasteiger partial charge in [-0.2, -0.15) is 0 Å². The van der Waals surface area contributed by atoms with Crippen LogP contribution in [0.2, 0.25) is 0 Å². The lowest BCUT2D eigenvalue weighted by atomic mass is 9.82. The Bertz CT molecular complexity index is 449. The number of thiazole rings is 1. The summed E-state index contributed by atoms with van der Waals surface area (Å²) >= 11 is 1.71. The molecule has 19 heavy (non-hydrogen) atoms. The van der Waals surface area contributed by atoms with Crippen LogP contribution in [0.5, 0.6) is 0 Å². The van der Waals surface area contributed by atoms with Gasteiger partial charge in [-0.25, -0.2) is 4.98 Å². The molecule has 0 radical (unpaired) electrons. The molecule has 1 aromatic rings. The Morgan fingerprint density at radius 1 is 1.37 bits per heavy atom. The Hall–Kier alpha value is -0.610. The fraction of sp³-hybridized carbons (Fsp3) is 0.800. The molecule has 1 N–H and O–H groups in total. The highest BCUT2D eigenvalue weighted by Gasteiger charge is 2.37. The Morgan fingerprint density at radius 2 is 2.11 bits per heavy atom. The van der Waals surface area contributed by atoms with E-state index in [-0.39, 0.29) is 6.61 Å². The SMILES string of the molecule is CCC1(CC)CCN(c2nc(C3CC3)c(CO)s2)C1. The summed E-state index contributed by atoms with van der Waals surface area (Å²) in [6, 6.07) is 0. The van der Waals surface area contributed by atoms with Crippen molar-refractivity contribution in [3.8, 4) is 0 Å². The highest BCUT2D eigenvalue weighted by Crippen LogP contribution is 2.46. The summed E-state index contributed by atoms with van der Waals surface area (Å²) in [5.41, 5.74) is 1.68. The van der Waals surface area contributed by atoms with Crippen molar-refractivity contribution < 1.29 is 5.11 Å². The third-order valence-corrected chi connectivity index (χ3v) is 6.15. The maximum absolute atomic E-state index is 9.50. The summed E-state index contributed by atoms with van der Waals surface area (Å²) in [6.07, 6.45) is 6.31. The molecule has 0 spiro atoms. The molecule has 0 atom stereocenters. The van der Waals surface area contributed by atoms with E-state index in [4.69, 9.17) is 4.98 Å². The van der Waals surface area contributed by atoms with Gasteiger partial charge in [-0.1, -0.05) is 25.2 Å². The fourth-order valence-electron chi connectivity index (χ4n) is 3.20. The monoisotopic (exact) mass is 280 g/mol. The summed E-state index contributed by atoms with van der Waals surface area (Å²) in [7, 11) is 0. The smallest absolute Gasteiger partial charge is 0.185 e. The molecule has 2 aliphatic rings. The van der Waals surface area contributed by atoms with Gasteiger partial charge in [-0.05, 0) is 37.5 Å². The predicted octanol–water partition coefficient (Wildman–Crippen LogP) is 3.53. The number of hydrogen-bond acceptors (Lipinski definition) is 4. The van der Waals surface area contributed by atoms with Gasteiger partial charge in [0.15, 0.2) is 5.13 Å². The third kappa shape index (κ3) is 2.40. The molecule has 0 aromatic carbocycles. The normalized spacial score (nSPS) is 22.2. The summed E-state index contributed by atoms with van der Waals surface area (Å²) in [4.78, 5) is 8.39. The number of hydrogen-bond donors (Lipinski definition) is 1. The molecule has 4 heteroatoms. The minimum atomic E-state index is 0.157. The Labute approximate surface area is 119 Å². The van der Waals surface area contributed by atoms with Gasteiger partial charge in [0.1, 0.15) is 0 Å². The molecule has 3 rings (SSSR count). The summed E-state index contributed by atoms with van der Waals surface area (Å²) in [5.74, 6) is 0.636. The highest BCUT2D eigenvalue weighted by molar-refractivity contribution is 7.15. The van der Waals surface area contributed by atoms with E-state index in [1.807, 2.05) is 0 Å². The highest BCUT2D eigenvalue weighted by atomic mass is 32.1. The molecule has 0 amide bonds. The first-order chi connectivity index (χ1) is 9.21. The van der Waals surface area contributed by atoms with E-state index in [1.54, 1.807) is 11.3 Å². The molecule has 0 bridgehead atoms. The Balaban J connectivity index is 1.80. The van der Waals surface area contributed by atoms with Crippen molar-refractivity contribution in [1.82, 2.24) is 4.98 Å². The van der Waals surface area contributed by atoms with Gasteiger partial charge in [0, 0.05) is 19.0 Å². The van der Waals surface area contributed by atoms with Gasteiger partial charge >= 0.3 is 0 Å². The van der Waals surface area contributed by atoms with Crippen molar-refractivity contribution in [3.63, 3.8) is 0 Å². The lowest BCUT2D eigenvalue weighted by Gasteiger charge is -2.26. The van der Waals surface area contributed by atoms with Crippen LogP contribution in [0.4, 0.5) is 5.13 Å². The zero-order chi connectivity index (χ0) is 13.5. The maximum atomic E-state index is 9.50. The average molecular weight is 280 g/mol. The topological polar surface area (TPSA) is 36.4 Å². The molecule has 1 saturated heterocycles. The maximum Gasteiger partial charge on any atom is 0.185 e. The van der Waals surface area contributed by atoms with E-state index in [1.165, 1.54) is 37.8 Å². The fourth-order valence-corrected chi connectivity index (χ4v) is 4.23. The largest absolute Gasteiger partial charge is 0.391 e. The molecular weight excluding hydrogens is 256 g/mol. The van der Waals surface area contributed by atoms with Crippen molar-refractivity contribution in [2.75, 3.05) is 18.0 Å². The zero-order valence-corrected chi connectivity index (χ0v) is 12.8. The second-order valence-electron chi connectivity index (χ2n) is 6.12. The van der Waals surface area contributed by atoms with Gasteiger partial charge in [-0.15, -0.1) is 0 Å². The van der Waals surface area contributed by atoms with Gasteiger partial charge in [0.05, 0.1) is 17.2 Å². The molecule has 1 saturated carbocycles. The molecular formula is C15H24N2OS. The first-order valence-corrected chi connectivity index (χ1v) is 8.38. The molecule has 1 aliphatic heterocycles. The Morgan fingerprint density at radius 3 is 2.63 bits per heavy atom. The van der Waals surface area contributed by atoms with Gasteiger partial charge in [0.2, 0.25) is 0 Å². The van der Waals surface area contributed by atoms with Crippen LogP contribution in [-0.2, 0) is 6.61 Å². The number of aromatic nitrogens is 1. The standard InChI is InChI=1S/C15H24N2OS/c1-3-15(4-2)7-8-17(10-15)14-16-13(11-5-6-11)12(9-18)19-14/h11,18H,3-10H2,1-2H3. The lowest BCUT2D eigenvalue weighted by Crippen LogP contribution is -2.26. The number of rotatable bonds is 5. The summed E-state index contributed by atoms with van der Waals surface area (Å²) < 4.78 is 0. The predicted molar refractivity (Wildman–Crippen MR) is 79.9 cm³/mol. The van der Waals surface area contributed by atoms with E-state index in [2.05, 4.69) is 18.7 Å². The molecule has 106 valence electrons. The van der Waals surface area contributed by atoms with Crippen molar-refractivity contribution in [2.45, 2.75) is 58.5 Å². The van der Waals surface area contributed by atoms with Crippen LogP contribution < -0.4 is 4.90 Å². The van der Waals surface area contributed by atoms with Crippen molar-refractivity contribution in [1.29, 1.82) is 0 Å².